The largest absolute Gasteiger partial charge is 0.261 e. The van der Waals surface area contributed by atoms with Crippen LogP contribution in [-0.4, -0.2) is 15.0 Å². The lowest BCUT2D eigenvalue weighted by atomic mass is 9.86. The molecule has 0 spiro atoms. The fourth-order valence-electron chi connectivity index (χ4n) is 3.00. The first kappa shape index (κ1) is 19.5. The topological polar surface area (TPSA) is 62.5 Å². The number of rotatable bonds is 6. The molecule has 134 valence electrons. The van der Waals surface area contributed by atoms with Crippen molar-refractivity contribution in [3.63, 3.8) is 0 Å². The van der Waals surface area contributed by atoms with Crippen LogP contribution >= 0.6 is 0 Å². The number of nitrogens with zero attached hydrogens (tertiary/aromatic N) is 4. The molecule has 0 aliphatic heterocycles. The van der Waals surface area contributed by atoms with Crippen LogP contribution in [-0.2, 0) is 0 Å². The molecule has 0 saturated carbocycles. The zero-order valence-corrected chi connectivity index (χ0v) is 16.2. The Hall–Kier alpha value is -2.80. The van der Waals surface area contributed by atoms with E-state index in [4.69, 9.17) is 0 Å². The Bertz CT molecular complexity index is 857. The molecule has 0 radical (unpaired) electrons. The van der Waals surface area contributed by atoms with Gasteiger partial charge in [-0.25, -0.2) is 9.97 Å². The number of hydrogen-bond donors (Lipinski definition) is 0. The van der Waals surface area contributed by atoms with Crippen LogP contribution in [0.5, 0.6) is 0 Å². The number of pyridine rings is 1. The summed E-state index contributed by atoms with van der Waals surface area (Å²) in [6.45, 7) is 10.1. The molecule has 0 N–H and O–H groups in total. The molecule has 0 amide bonds. The van der Waals surface area contributed by atoms with Gasteiger partial charge in [-0.3, -0.25) is 4.98 Å². The SMILES string of the molecule is CC=C(C)C(CC(CC)c1ncccn1)=C(C#N)c1cc(C)cnc1C. The Morgan fingerprint density at radius 2 is 1.92 bits per heavy atom. The first-order valence-electron chi connectivity index (χ1n) is 8.98. The van der Waals surface area contributed by atoms with E-state index in [1.165, 1.54) is 0 Å². The van der Waals surface area contributed by atoms with Crippen LogP contribution in [0.4, 0.5) is 0 Å². The zero-order chi connectivity index (χ0) is 19.1. The van der Waals surface area contributed by atoms with E-state index >= 15 is 0 Å². The molecule has 26 heavy (non-hydrogen) atoms. The molecule has 4 heteroatoms. The van der Waals surface area contributed by atoms with E-state index in [2.05, 4.69) is 40.9 Å². The fraction of sp³-hybridized carbons (Fsp3) is 0.364. The standard InChI is InChI=1S/C22H26N4/c1-6-16(4)19(12-18(7-2)22-24-9-8-10-25-22)21(13-23)20-11-15(3)14-26-17(20)5/h6,8-11,14,18H,7,12H2,1-5H3. The first-order chi connectivity index (χ1) is 12.5. The van der Waals surface area contributed by atoms with Gasteiger partial charge in [-0.1, -0.05) is 18.6 Å². The summed E-state index contributed by atoms with van der Waals surface area (Å²) in [5.74, 6) is 0.996. The third kappa shape index (κ3) is 4.43. The number of aryl methyl sites for hydroxylation is 2. The molecule has 2 aromatic rings. The highest BCUT2D eigenvalue weighted by Crippen LogP contribution is 2.34. The van der Waals surface area contributed by atoms with Crippen molar-refractivity contribution >= 4 is 5.57 Å². The van der Waals surface area contributed by atoms with Crippen LogP contribution in [0.3, 0.4) is 0 Å². The lowest BCUT2D eigenvalue weighted by Crippen LogP contribution is -2.07. The highest BCUT2D eigenvalue weighted by atomic mass is 14.9. The maximum absolute atomic E-state index is 9.97. The van der Waals surface area contributed by atoms with Gasteiger partial charge in [0.15, 0.2) is 0 Å². The number of allylic oxidation sites excluding steroid dienone is 4. The Morgan fingerprint density at radius 3 is 2.50 bits per heavy atom. The monoisotopic (exact) mass is 346 g/mol. The highest BCUT2D eigenvalue weighted by molar-refractivity contribution is 5.83. The second-order valence-electron chi connectivity index (χ2n) is 6.50. The fourth-order valence-corrected chi connectivity index (χ4v) is 3.00. The van der Waals surface area contributed by atoms with Crippen molar-refractivity contribution in [1.29, 1.82) is 5.26 Å². The summed E-state index contributed by atoms with van der Waals surface area (Å²) in [5.41, 5.74) is 5.68. The molecular formula is C22H26N4. The Morgan fingerprint density at radius 1 is 1.23 bits per heavy atom. The summed E-state index contributed by atoms with van der Waals surface area (Å²) in [6.07, 6.45) is 9.08. The molecular weight excluding hydrogens is 320 g/mol. The molecule has 0 aromatic carbocycles. The summed E-state index contributed by atoms with van der Waals surface area (Å²) < 4.78 is 0. The molecule has 1 atom stereocenters. The maximum Gasteiger partial charge on any atom is 0.131 e. The third-order valence-electron chi connectivity index (χ3n) is 4.71. The normalized spacial score (nSPS) is 13.8. The van der Waals surface area contributed by atoms with E-state index in [0.29, 0.717) is 5.57 Å². The van der Waals surface area contributed by atoms with Crippen molar-refractivity contribution in [2.24, 2.45) is 0 Å². The summed E-state index contributed by atoms with van der Waals surface area (Å²) >= 11 is 0. The molecule has 0 aliphatic carbocycles. The van der Waals surface area contributed by atoms with Gasteiger partial charge in [0, 0.05) is 35.8 Å². The van der Waals surface area contributed by atoms with Crippen molar-refractivity contribution < 1.29 is 0 Å². The second kappa shape index (κ2) is 9.05. The molecule has 1 unspecified atom stereocenters. The summed E-state index contributed by atoms with van der Waals surface area (Å²) in [5, 5.41) is 9.97. The van der Waals surface area contributed by atoms with Gasteiger partial charge in [0.05, 0.1) is 5.57 Å². The predicted octanol–water partition coefficient (Wildman–Crippen LogP) is 5.32. The number of nitriles is 1. The van der Waals surface area contributed by atoms with Crippen molar-refractivity contribution in [3.8, 4) is 6.07 Å². The average Bonchev–Trinajstić information content (AvgIpc) is 2.67. The van der Waals surface area contributed by atoms with E-state index in [9.17, 15) is 5.26 Å². The second-order valence-corrected chi connectivity index (χ2v) is 6.50. The Labute approximate surface area is 156 Å². The minimum Gasteiger partial charge on any atom is -0.261 e. The smallest absolute Gasteiger partial charge is 0.131 e. The van der Waals surface area contributed by atoms with Gasteiger partial charge in [-0.15, -0.1) is 0 Å². The Balaban J connectivity index is 2.59. The van der Waals surface area contributed by atoms with Crippen molar-refractivity contribution in [3.05, 3.63) is 70.6 Å². The molecule has 0 bridgehead atoms. The van der Waals surface area contributed by atoms with Crippen molar-refractivity contribution in [1.82, 2.24) is 15.0 Å². The van der Waals surface area contributed by atoms with Gasteiger partial charge in [0.2, 0.25) is 0 Å². The molecule has 0 fully saturated rings. The molecule has 4 nitrogen and oxygen atoms in total. The lowest BCUT2D eigenvalue weighted by molar-refractivity contribution is 0.617. The third-order valence-corrected chi connectivity index (χ3v) is 4.71. The van der Waals surface area contributed by atoms with Crippen LogP contribution in [0, 0.1) is 25.2 Å². The average molecular weight is 346 g/mol. The van der Waals surface area contributed by atoms with Crippen LogP contribution in [0.15, 0.2) is 47.9 Å². The quantitative estimate of drug-likeness (QED) is 0.525. The van der Waals surface area contributed by atoms with Gasteiger partial charge in [0.25, 0.3) is 0 Å². The van der Waals surface area contributed by atoms with Gasteiger partial charge >= 0.3 is 0 Å². The van der Waals surface area contributed by atoms with Crippen molar-refractivity contribution in [2.75, 3.05) is 0 Å². The van der Waals surface area contributed by atoms with E-state index in [0.717, 1.165) is 46.6 Å². The summed E-state index contributed by atoms with van der Waals surface area (Å²) in [4.78, 5) is 13.3. The first-order valence-corrected chi connectivity index (χ1v) is 8.98. The van der Waals surface area contributed by atoms with E-state index in [1.807, 2.05) is 39.1 Å². The van der Waals surface area contributed by atoms with E-state index in [-0.39, 0.29) is 5.92 Å². The van der Waals surface area contributed by atoms with Crippen LogP contribution in [0.2, 0.25) is 0 Å². The maximum atomic E-state index is 9.97. The molecule has 2 heterocycles. The summed E-state index contributed by atoms with van der Waals surface area (Å²) in [7, 11) is 0. The van der Waals surface area contributed by atoms with E-state index < -0.39 is 0 Å². The Kier molecular flexibility index (Phi) is 6.80. The molecule has 0 saturated heterocycles. The summed E-state index contributed by atoms with van der Waals surface area (Å²) in [6, 6.07) is 6.31. The van der Waals surface area contributed by atoms with Crippen LogP contribution < -0.4 is 0 Å². The molecule has 2 aromatic heterocycles. The van der Waals surface area contributed by atoms with Crippen molar-refractivity contribution in [2.45, 2.75) is 53.4 Å². The predicted molar refractivity (Wildman–Crippen MR) is 105 cm³/mol. The number of hydrogen-bond acceptors (Lipinski definition) is 4. The number of aromatic nitrogens is 3. The van der Waals surface area contributed by atoms with Gasteiger partial charge in [-0.2, -0.15) is 5.26 Å². The van der Waals surface area contributed by atoms with Crippen LogP contribution in [0.1, 0.15) is 62.2 Å². The van der Waals surface area contributed by atoms with Crippen LogP contribution in [0.25, 0.3) is 5.57 Å². The van der Waals surface area contributed by atoms with E-state index in [1.54, 1.807) is 12.4 Å². The van der Waals surface area contributed by atoms with Gasteiger partial charge in [0.1, 0.15) is 11.9 Å². The lowest BCUT2D eigenvalue weighted by Gasteiger charge is -2.19. The highest BCUT2D eigenvalue weighted by Gasteiger charge is 2.20. The van der Waals surface area contributed by atoms with Gasteiger partial charge < -0.3 is 0 Å². The minimum atomic E-state index is 0.169. The molecule has 0 aliphatic rings. The van der Waals surface area contributed by atoms with Gasteiger partial charge in [-0.05, 0) is 63.8 Å². The minimum absolute atomic E-state index is 0.169. The zero-order valence-electron chi connectivity index (χ0n) is 16.2. The molecule has 2 rings (SSSR count).